The van der Waals surface area contributed by atoms with Crippen molar-refractivity contribution >= 4 is 29.1 Å². The zero-order valence-electron chi connectivity index (χ0n) is 16.8. The molecule has 1 aliphatic heterocycles. The van der Waals surface area contributed by atoms with Crippen LogP contribution in [0.4, 0.5) is 0 Å². The number of hydrogen-bond acceptors (Lipinski definition) is 4. The van der Waals surface area contributed by atoms with Crippen molar-refractivity contribution in [3.63, 3.8) is 0 Å². The van der Waals surface area contributed by atoms with Crippen molar-refractivity contribution in [3.8, 4) is 17.1 Å². The molecule has 0 fully saturated rings. The van der Waals surface area contributed by atoms with Crippen LogP contribution in [0.25, 0.3) is 11.3 Å². The Balaban J connectivity index is 1.59. The Bertz CT molecular complexity index is 1160. The Labute approximate surface area is 184 Å². The van der Waals surface area contributed by atoms with E-state index in [1.54, 1.807) is 48.5 Å². The van der Waals surface area contributed by atoms with Crippen molar-refractivity contribution in [1.82, 2.24) is 15.6 Å². The van der Waals surface area contributed by atoms with Crippen LogP contribution < -0.4 is 10.6 Å². The number of hydrogen-bond donors (Lipinski definition) is 4. The summed E-state index contributed by atoms with van der Waals surface area (Å²) >= 11 is 5.95. The third kappa shape index (κ3) is 4.10. The number of aromatic nitrogens is 1. The van der Waals surface area contributed by atoms with E-state index in [9.17, 15) is 14.7 Å². The van der Waals surface area contributed by atoms with E-state index < -0.39 is 5.91 Å². The summed E-state index contributed by atoms with van der Waals surface area (Å²) in [4.78, 5) is 32.0. The maximum absolute atomic E-state index is 12.7. The minimum Gasteiger partial charge on any atom is -0.494 e. The Morgan fingerprint density at radius 1 is 1.03 bits per heavy atom. The van der Waals surface area contributed by atoms with E-state index in [1.807, 2.05) is 7.05 Å². The molecule has 0 atom stereocenters. The van der Waals surface area contributed by atoms with Gasteiger partial charge < -0.3 is 20.7 Å². The van der Waals surface area contributed by atoms with Crippen LogP contribution in [0.15, 0.2) is 53.5 Å². The molecule has 0 aliphatic carbocycles. The van der Waals surface area contributed by atoms with Gasteiger partial charge in [0.2, 0.25) is 0 Å². The van der Waals surface area contributed by atoms with E-state index in [0.717, 1.165) is 13.0 Å². The number of benzene rings is 2. The van der Waals surface area contributed by atoms with Gasteiger partial charge in [0.1, 0.15) is 0 Å². The number of nitrogens with zero attached hydrogens (tertiary/aromatic N) is 1. The molecule has 0 spiro atoms. The lowest BCUT2D eigenvalue weighted by molar-refractivity contribution is 0.0952. The molecular weight excluding hydrogens is 416 g/mol. The van der Waals surface area contributed by atoms with Crippen LogP contribution in [0.2, 0.25) is 5.02 Å². The van der Waals surface area contributed by atoms with Gasteiger partial charge in [-0.15, -0.1) is 0 Å². The van der Waals surface area contributed by atoms with Crippen LogP contribution in [0.5, 0.6) is 5.88 Å². The highest BCUT2D eigenvalue weighted by Gasteiger charge is 2.33. The average Bonchev–Trinajstić information content (AvgIpc) is 3.30. The van der Waals surface area contributed by atoms with Crippen LogP contribution in [-0.2, 0) is 0 Å². The normalized spacial score (nSPS) is 12.6. The SMILES string of the molecule is CNCCCNC(=O)c1ccc(-c2[nH]c(O)c3c2C(=O)N=C3c2ccc(Cl)cc2)cc1. The minimum atomic E-state index is -0.433. The Morgan fingerprint density at radius 2 is 1.71 bits per heavy atom. The first-order chi connectivity index (χ1) is 15.0. The molecule has 4 rings (SSSR count). The third-order valence-electron chi connectivity index (χ3n) is 5.09. The van der Waals surface area contributed by atoms with E-state index >= 15 is 0 Å². The first-order valence-corrected chi connectivity index (χ1v) is 10.2. The van der Waals surface area contributed by atoms with Gasteiger partial charge in [-0.1, -0.05) is 35.9 Å². The van der Waals surface area contributed by atoms with Crippen LogP contribution in [0, 0.1) is 0 Å². The number of aliphatic imine (C=N–C) groups is 1. The largest absolute Gasteiger partial charge is 0.494 e. The number of aromatic amines is 1. The smallest absolute Gasteiger partial charge is 0.280 e. The van der Waals surface area contributed by atoms with Crippen molar-refractivity contribution in [1.29, 1.82) is 0 Å². The van der Waals surface area contributed by atoms with Gasteiger partial charge in [-0.05, 0) is 49.8 Å². The lowest BCUT2D eigenvalue weighted by Crippen LogP contribution is -2.26. The lowest BCUT2D eigenvalue weighted by Gasteiger charge is -2.06. The Morgan fingerprint density at radius 3 is 2.39 bits per heavy atom. The fraction of sp³-hybridized carbons (Fsp3) is 0.174. The third-order valence-corrected chi connectivity index (χ3v) is 5.34. The number of nitrogens with one attached hydrogen (secondary N) is 3. The van der Waals surface area contributed by atoms with Crippen molar-refractivity contribution in [2.24, 2.45) is 4.99 Å². The molecule has 158 valence electrons. The highest BCUT2D eigenvalue weighted by molar-refractivity contribution is 6.32. The van der Waals surface area contributed by atoms with Crippen molar-refractivity contribution in [2.45, 2.75) is 6.42 Å². The zero-order valence-corrected chi connectivity index (χ0v) is 17.6. The summed E-state index contributed by atoms with van der Waals surface area (Å²) in [5.41, 5.74) is 3.41. The number of halogens is 1. The predicted octanol–water partition coefficient (Wildman–Crippen LogP) is 3.37. The summed E-state index contributed by atoms with van der Waals surface area (Å²) in [5, 5.41) is 17.0. The van der Waals surface area contributed by atoms with E-state index in [-0.39, 0.29) is 11.8 Å². The molecule has 2 heterocycles. The van der Waals surface area contributed by atoms with Gasteiger partial charge in [-0.25, -0.2) is 4.99 Å². The van der Waals surface area contributed by atoms with Gasteiger partial charge in [-0.3, -0.25) is 9.59 Å². The maximum Gasteiger partial charge on any atom is 0.280 e. The predicted molar refractivity (Wildman–Crippen MR) is 120 cm³/mol. The van der Waals surface area contributed by atoms with Gasteiger partial charge >= 0.3 is 0 Å². The molecule has 3 aromatic rings. The van der Waals surface area contributed by atoms with Crippen LogP contribution in [-0.4, -0.2) is 47.8 Å². The summed E-state index contributed by atoms with van der Waals surface area (Å²) in [7, 11) is 1.86. The van der Waals surface area contributed by atoms with E-state index in [1.165, 1.54) is 0 Å². The zero-order chi connectivity index (χ0) is 22.0. The molecule has 8 heteroatoms. The van der Waals surface area contributed by atoms with Gasteiger partial charge in [0.15, 0.2) is 5.88 Å². The Kier molecular flexibility index (Phi) is 5.88. The molecule has 4 N–H and O–H groups in total. The molecule has 0 bridgehead atoms. The van der Waals surface area contributed by atoms with Crippen molar-refractivity contribution in [2.75, 3.05) is 20.1 Å². The quantitative estimate of drug-likeness (QED) is 0.426. The molecule has 0 radical (unpaired) electrons. The Hall–Kier alpha value is -3.42. The number of rotatable bonds is 7. The molecular formula is C23H21ClN4O3. The summed E-state index contributed by atoms with van der Waals surface area (Å²) in [6.07, 6.45) is 0.840. The highest BCUT2D eigenvalue weighted by Crippen LogP contribution is 2.38. The maximum atomic E-state index is 12.7. The second-order valence-corrected chi connectivity index (χ2v) is 7.60. The summed E-state index contributed by atoms with van der Waals surface area (Å²) in [5.74, 6) is -0.722. The molecule has 31 heavy (non-hydrogen) atoms. The lowest BCUT2D eigenvalue weighted by atomic mass is 9.99. The molecule has 0 saturated heterocycles. The minimum absolute atomic E-state index is 0.129. The second kappa shape index (κ2) is 8.75. The molecule has 1 aliphatic rings. The standard InChI is InChI=1S/C23H21ClN4O3/c1-25-11-2-12-26-21(29)15-5-3-13(4-6-15)19-17-18(23(31)27-19)20(28-22(17)30)14-7-9-16(24)10-8-14/h3-10,25,27,31H,2,11-12H2,1H3,(H,26,29). The van der Waals surface area contributed by atoms with Gasteiger partial charge in [0.25, 0.3) is 11.8 Å². The number of amides is 2. The van der Waals surface area contributed by atoms with E-state index in [4.69, 9.17) is 11.6 Å². The van der Waals surface area contributed by atoms with Gasteiger partial charge in [-0.2, -0.15) is 0 Å². The van der Waals surface area contributed by atoms with Crippen LogP contribution >= 0.6 is 11.6 Å². The number of H-pyrrole nitrogens is 1. The molecule has 2 aromatic carbocycles. The van der Waals surface area contributed by atoms with E-state index in [0.29, 0.717) is 50.8 Å². The van der Waals surface area contributed by atoms with Gasteiger partial charge in [0.05, 0.1) is 22.5 Å². The highest BCUT2D eigenvalue weighted by atomic mass is 35.5. The fourth-order valence-electron chi connectivity index (χ4n) is 3.54. The second-order valence-electron chi connectivity index (χ2n) is 7.16. The first-order valence-electron chi connectivity index (χ1n) is 9.87. The molecule has 7 nitrogen and oxygen atoms in total. The molecule has 0 saturated carbocycles. The monoisotopic (exact) mass is 436 g/mol. The topological polar surface area (TPSA) is 107 Å². The average molecular weight is 437 g/mol. The molecule has 1 aromatic heterocycles. The van der Waals surface area contributed by atoms with Crippen molar-refractivity contribution < 1.29 is 14.7 Å². The first kappa shape index (κ1) is 20.8. The van der Waals surface area contributed by atoms with Crippen molar-refractivity contribution in [3.05, 3.63) is 75.8 Å². The molecule has 2 amide bonds. The number of carbonyl (C=O) groups excluding carboxylic acids is 2. The molecule has 0 unspecified atom stereocenters. The number of carbonyl (C=O) groups is 2. The summed E-state index contributed by atoms with van der Waals surface area (Å²) in [6.45, 7) is 1.41. The van der Waals surface area contributed by atoms with Crippen LogP contribution in [0.3, 0.4) is 0 Å². The van der Waals surface area contributed by atoms with Crippen LogP contribution in [0.1, 0.15) is 38.3 Å². The van der Waals surface area contributed by atoms with E-state index in [2.05, 4.69) is 20.6 Å². The number of fused-ring (bicyclic) bond motifs is 1. The summed E-state index contributed by atoms with van der Waals surface area (Å²) in [6, 6.07) is 13.8. The number of aromatic hydroxyl groups is 1. The fourth-order valence-corrected chi connectivity index (χ4v) is 3.66. The summed E-state index contributed by atoms with van der Waals surface area (Å²) < 4.78 is 0. The van der Waals surface area contributed by atoms with Gasteiger partial charge in [0, 0.05) is 22.7 Å².